The summed E-state index contributed by atoms with van der Waals surface area (Å²) in [6.45, 7) is 0. The van der Waals surface area contributed by atoms with Gasteiger partial charge >= 0.3 is 0 Å². The number of nitrogens with zero attached hydrogens (tertiary/aromatic N) is 2. The molecular formula is C14H18ClN3. The summed E-state index contributed by atoms with van der Waals surface area (Å²) in [4.78, 5) is 4.77. The van der Waals surface area contributed by atoms with Crippen molar-refractivity contribution in [2.24, 2.45) is 12.8 Å². The maximum Gasteiger partial charge on any atom is 0.112 e. The number of rotatable bonds is 1. The third-order valence-corrected chi connectivity index (χ3v) is 4.25. The Hall–Kier alpha value is -1.06. The number of halogens is 1. The molecule has 1 aromatic heterocycles. The van der Waals surface area contributed by atoms with Crippen LogP contribution in [0.4, 0.5) is 0 Å². The number of nitrogens with two attached hydrogens (primary N) is 1. The Labute approximate surface area is 112 Å². The van der Waals surface area contributed by atoms with Crippen molar-refractivity contribution in [3.05, 3.63) is 29.0 Å². The van der Waals surface area contributed by atoms with E-state index in [2.05, 4.69) is 11.6 Å². The Bertz CT molecular complexity index is 568. The quantitative estimate of drug-likeness (QED) is 0.859. The third-order valence-electron chi connectivity index (χ3n) is 4.01. The van der Waals surface area contributed by atoms with Crippen molar-refractivity contribution in [2.45, 2.75) is 37.6 Å². The average Bonchev–Trinajstić information content (AvgIpc) is 2.68. The van der Waals surface area contributed by atoms with E-state index in [1.807, 2.05) is 18.2 Å². The summed E-state index contributed by atoms with van der Waals surface area (Å²) in [5.41, 5.74) is 8.12. The monoisotopic (exact) mass is 263 g/mol. The van der Waals surface area contributed by atoms with Crippen molar-refractivity contribution in [1.29, 1.82) is 0 Å². The van der Waals surface area contributed by atoms with Gasteiger partial charge in [-0.3, -0.25) is 0 Å². The van der Waals surface area contributed by atoms with Crippen molar-refractivity contribution in [3.63, 3.8) is 0 Å². The van der Waals surface area contributed by atoms with Crippen LogP contribution < -0.4 is 5.73 Å². The van der Waals surface area contributed by atoms with Gasteiger partial charge in [0.2, 0.25) is 0 Å². The molecule has 3 nitrogen and oxygen atoms in total. The molecule has 1 heterocycles. The molecule has 18 heavy (non-hydrogen) atoms. The molecule has 0 atom stereocenters. The number of hydrogen-bond acceptors (Lipinski definition) is 2. The Morgan fingerprint density at radius 3 is 2.72 bits per heavy atom. The van der Waals surface area contributed by atoms with Crippen molar-refractivity contribution in [2.75, 3.05) is 0 Å². The van der Waals surface area contributed by atoms with Gasteiger partial charge in [0.05, 0.1) is 11.0 Å². The fraction of sp³-hybridized carbons (Fsp3) is 0.500. The topological polar surface area (TPSA) is 43.8 Å². The first-order valence-corrected chi connectivity index (χ1v) is 6.90. The fourth-order valence-electron chi connectivity index (χ4n) is 2.92. The van der Waals surface area contributed by atoms with Gasteiger partial charge in [-0.1, -0.05) is 11.6 Å². The maximum atomic E-state index is 6.05. The molecule has 0 amide bonds. The molecule has 3 rings (SSSR count). The molecule has 0 bridgehead atoms. The van der Waals surface area contributed by atoms with Crippen LogP contribution in [0.25, 0.3) is 11.0 Å². The van der Waals surface area contributed by atoms with Crippen LogP contribution in [0.5, 0.6) is 0 Å². The summed E-state index contributed by atoms with van der Waals surface area (Å²) in [6.07, 6.45) is 4.50. The fourth-order valence-corrected chi connectivity index (χ4v) is 3.09. The second-order valence-electron chi connectivity index (χ2n) is 5.27. The molecule has 96 valence electrons. The van der Waals surface area contributed by atoms with Crippen LogP contribution in [-0.2, 0) is 7.05 Å². The van der Waals surface area contributed by atoms with Crippen molar-refractivity contribution in [1.82, 2.24) is 9.55 Å². The predicted molar refractivity (Wildman–Crippen MR) is 74.9 cm³/mol. The van der Waals surface area contributed by atoms with E-state index >= 15 is 0 Å². The van der Waals surface area contributed by atoms with Gasteiger partial charge in [-0.15, -0.1) is 0 Å². The van der Waals surface area contributed by atoms with Gasteiger partial charge in [-0.05, 0) is 43.9 Å². The molecule has 0 aliphatic heterocycles. The Balaban J connectivity index is 1.99. The first-order valence-electron chi connectivity index (χ1n) is 6.52. The van der Waals surface area contributed by atoms with Crippen molar-refractivity contribution >= 4 is 22.6 Å². The van der Waals surface area contributed by atoms with Crippen LogP contribution >= 0.6 is 11.6 Å². The second-order valence-corrected chi connectivity index (χ2v) is 5.71. The van der Waals surface area contributed by atoms with Gasteiger partial charge in [0, 0.05) is 24.0 Å². The third kappa shape index (κ3) is 2.02. The van der Waals surface area contributed by atoms with Crippen LogP contribution in [0.3, 0.4) is 0 Å². The van der Waals surface area contributed by atoms with Gasteiger partial charge in [0.15, 0.2) is 0 Å². The van der Waals surface area contributed by atoms with Crippen molar-refractivity contribution < 1.29 is 0 Å². The summed E-state index contributed by atoms with van der Waals surface area (Å²) in [6, 6.07) is 6.26. The Morgan fingerprint density at radius 1 is 1.28 bits per heavy atom. The van der Waals surface area contributed by atoms with Crippen LogP contribution in [0.2, 0.25) is 5.02 Å². The van der Waals surface area contributed by atoms with Gasteiger partial charge in [0.1, 0.15) is 5.82 Å². The van der Waals surface area contributed by atoms with Crippen molar-refractivity contribution in [3.8, 4) is 0 Å². The standard InChI is InChI=1S/C14H18ClN3/c1-18-13-8-10(15)4-7-12(13)17-14(18)9-2-5-11(16)6-3-9/h4,7-9,11H,2-3,5-6,16H2,1H3. The molecule has 0 saturated heterocycles. The van der Waals surface area contributed by atoms with Gasteiger partial charge < -0.3 is 10.3 Å². The lowest BCUT2D eigenvalue weighted by molar-refractivity contribution is 0.380. The summed E-state index contributed by atoms with van der Waals surface area (Å²) < 4.78 is 2.18. The molecule has 4 heteroatoms. The number of imidazole rings is 1. The summed E-state index contributed by atoms with van der Waals surface area (Å²) in [5.74, 6) is 1.72. The van der Waals surface area contributed by atoms with E-state index in [1.54, 1.807) is 0 Å². The number of fused-ring (bicyclic) bond motifs is 1. The molecule has 1 saturated carbocycles. The predicted octanol–water partition coefficient (Wildman–Crippen LogP) is 3.21. The highest BCUT2D eigenvalue weighted by Gasteiger charge is 2.24. The molecule has 1 aliphatic carbocycles. The number of benzene rings is 1. The minimum Gasteiger partial charge on any atom is -0.331 e. The van der Waals surface area contributed by atoms with Gasteiger partial charge in [0.25, 0.3) is 0 Å². The SMILES string of the molecule is Cn1c(C2CCC(N)CC2)nc2ccc(Cl)cc21. The molecule has 1 aromatic carbocycles. The zero-order chi connectivity index (χ0) is 12.7. The number of aryl methyl sites for hydroxylation is 1. The lowest BCUT2D eigenvalue weighted by Crippen LogP contribution is -2.26. The summed E-state index contributed by atoms with van der Waals surface area (Å²) >= 11 is 6.05. The summed E-state index contributed by atoms with van der Waals surface area (Å²) in [7, 11) is 2.08. The van der Waals surface area contributed by atoms with Gasteiger partial charge in [-0.25, -0.2) is 4.98 Å². The van der Waals surface area contributed by atoms with Crippen LogP contribution in [0, 0.1) is 0 Å². The van der Waals surface area contributed by atoms with Crippen LogP contribution in [0.15, 0.2) is 18.2 Å². The normalized spacial score (nSPS) is 24.6. The highest BCUT2D eigenvalue weighted by atomic mass is 35.5. The molecule has 1 fully saturated rings. The highest BCUT2D eigenvalue weighted by Crippen LogP contribution is 2.33. The minimum atomic E-state index is 0.380. The van der Waals surface area contributed by atoms with Crippen LogP contribution in [0.1, 0.15) is 37.4 Å². The maximum absolute atomic E-state index is 6.05. The Kier molecular flexibility index (Phi) is 3.04. The zero-order valence-electron chi connectivity index (χ0n) is 10.6. The highest BCUT2D eigenvalue weighted by molar-refractivity contribution is 6.31. The second kappa shape index (κ2) is 4.56. The van der Waals surface area contributed by atoms with Gasteiger partial charge in [-0.2, -0.15) is 0 Å². The Morgan fingerprint density at radius 2 is 2.00 bits per heavy atom. The average molecular weight is 264 g/mol. The molecular weight excluding hydrogens is 246 g/mol. The zero-order valence-corrected chi connectivity index (χ0v) is 11.3. The van der Waals surface area contributed by atoms with E-state index in [-0.39, 0.29) is 0 Å². The van der Waals surface area contributed by atoms with E-state index in [0.717, 1.165) is 41.7 Å². The minimum absolute atomic E-state index is 0.380. The van der Waals surface area contributed by atoms with E-state index in [9.17, 15) is 0 Å². The van der Waals surface area contributed by atoms with E-state index in [4.69, 9.17) is 22.3 Å². The summed E-state index contributed by atoms with van der Waals surface area (Å²) in [5, 5.41) is 0.766. The smallest absolute Gasteiger partial charge is 0.112 e. The molecule has 2 aromatic rings. The first-order chi connectivity index (χ1) is 8.65. The number of hydrogen-bond donors (Lipinski definition) is 1. The van der Waals surface area contributed by atoms with E-state index < -0.39 is 0 Å². The van der Waals surface area contributed by atoms with E-state index in [0.29, 0.717) is 12.0 Å². The lowest BCUT2D eigenvalue weighted by atomic mass is 9.86. The van der Waals surface area contributed by atoms with Crippen LogP contribution in [-0.4, -0.2) is 15.6 Å². The molecule has 1 aliphatic rings. The number of aromatic nitrogens is 2. The van der Waals surface area contributed by atoms with E-state index in [1.165, 1.54) is 5.82 Å². The first kappa shape index (κ1) is 12.0. The molecule has 0 radical (unpaired) electrons. The molecule has 0 unspecified atom stereocenters. The molecule has 0 spiro atoms. The molecule has 2 N–H and O–H groups in total. The lowest BCUT2D eigenvalue weighted by Gasteiger charge is -2.25. The largest absolute Gasteiger partial charge is 0.331 e.